The van der Waals surface area contributed by atoms with Crippen LogP contribution in [0.5, 0.6) is 0 Å². The first kappa shape index (κ1) is 13.9. The van der Waals surface area contributed by atoms with Gasteiger partial charge < -0.3 is 5.11 Å². The predicted molar refractivity (Wildman–Crippen MR) is 73.2 cm³/mol. The maximum atomic E-state index is 12.3. The number of sulfonamides is 1. The van der Waals surface area contributed by atoms with E-state index >= 15 is 0 Å². The van der Waals surface area contributed by atoms with Crippen molar-refractivity contribution in [1.82, 2.24) is 9.29 Å². The van der Waals surface area contributed by atoms with E-state index in [-0.39, 0.29) is 11.4 Å². The van der Waals surface area contributed by atoms with E-state index in [1.807, 2.05) is 24.3 Å². The van der Waals surface area contributed by atoms with Gasteiger partial charge in [-0.1, -0.05) is 18.2 Å². The van der Waals surface area contributed by atoms with Crippen molar-refractivity contribution in [3.05, 3.63) is 36.5 Å². The van der Waals surface area contributed by atoms with Gasteiger partial charge in [0.05, 0.1) is 11.6 Å². The molecule has 0 bridgehead atoms. The lowest BCUT2D eigenvalue weighted by Crippen LogP contribution is -2.33. The van der Waals surface area contributed by atoms with E-state index in [2.05, 4.69) is 4.98 Å². The molecule has 1 atom stereocenters. The normalized spacial score (nSPS) is 13.9. The minimum absolute atomic E-state index is 0.0508. The lowest BCUT2D eigenvalue weighted by Gasteiger charge is -2.18. The molecule has 1 N–H and O–H groups in total. The topological polar surface area (TPSA) is 70.5 Å². The van der Waals surface area contributed by atoms with E-state index in [1.165, 1.54) is 13.2 Å². The highest BCUT2D eigenvalue weighted by molar-refractivity contribution is 7.89. The van der Waals surface area contributed by atoms with Crippen LogP contribution >= 0.6 is 0 Å². The Morgan fingerprint density at radius 1 is 1.37 bits per heavy atom. The van der Waals surface area contributed by atoms with Crippen LogP contribution in [0.2, 0.25) is 0 Å². The van der Waals surface area contributed by atoms with Gasteiger partial charge in [0.25, 0.3) is 0 Å². The van der Waals surface area contributed by atoms with Gasteiger partial charge in [0.15, 0.2) is 0 Å². The summed E-state index contributed by atoms with van der Waals surface area (Å²) in [6.07, 6.45) is 0.629. The molecule has 0 fully saturated rings. The number of aliphatic hydroxyl groups is 1. The highest BCUT2D eigenvalue weighted by atomic mass is 32.2. The fourth-order valence-corrected chi connectivity index (χ4v) is 3.08. The van der Waals surface area contributed by atoms with Crippen molar-refractivity contribution in [1.29, 1.82) is 0 Å². The van der Waals surface area contributed by atoms with Crippen LogP contribution in [0.1, 0.15) is 6.92 Å². The Hall–Kier alpha value is -1.50. The largest absolute Gasteiger partial charge is 0.392 e. The maximum absolute atomic E-state index is 12.3. The van der Waals surface area contributed by atoms with Crippen LogP contribution in [0.3, 0.4) is 0 Å². The number of hydrogen-bond donors (Lipinski definition) is 1. The van der Waals surface area contributed by atoms with Crippen LogP contribution in [0.15, 0.2) is 41.4 Å². The SMILES string of the molecule is C[C@@H](O)CN(C)S(=O)(=O)c1cnc2ccccc2c1. The fraction of sp³-hybridized carbons (Fsp3) is 0.308. The summed E-state index contributed by atoms with van der Waals surface area (Å²) in [6, 6.07) is 8.92. The standard InChI is InChI=1S/C13H16N2O3S/c1-10(16)9-15(2)19(17,18)12-7-11-5-3-4-6-13(11)14-8-12/h3-8,10,16H,9H2,1-2H3/t10-/m1/s1. The first-order chi connectivity index (χ1) is 8.91. The number of aromatic nitrogens is 1. The van der Waals surface area contributed by atoms with Crippen molar-refractivity contribution < 1.29 is 13.5 Å². The maximum Gasteiger partial charge on any atom is 0.244 e. The summed E-state index contributed by atoms with van der Waals surface area (Å²) in [6.45, 7) is 1.60. The lowest BCUT2D eigenvalue weighted by molar-refractivity contribution is 0.171. The Morgan fingerprint density at radius 3 is 2.74 bits per heavy atom. The fourth-order valence-electron chi connectivity index (χ4n) is 1.84. The number of hydrogen-bond acceptors (Lipinski definition) is 4. The highest BCUT2D eigenvalue weighted by Crippen LogP contribution is 2.19. The number of fused-ring (bicyclic) bond motifs is 1. The van der Waals surface area contributed by atoms with E-state index < -0.39 is 16.1 Å². The molecule has 1 aromatic heterocycles. The molecule has 19 heavy (non-hydrogen) atoms. The molecule has 6 heteroatoms. The average Bonchev–Trinajstić information content (AvgIpc) is 2.37. The second-order valence-corrected chi connectivity index (χ2v) is 6.54. The van der Waals surface area contributed by atoms with Gasteiger partial charge >= 0.3 is 0 Å². The van der Waals surface area contributed by atoms with Crippen molar-refractivity contribution in [2.45, 2.75) is 17.9 Å². The molecule has 0 unspecified atom stereocenters. The van der Waals surface area contributed by atoms with E-state index in [4.69, 9.17) is 0 Å². The van der Waals surface area contributed by atoms with Crippen molar-refractivity contribution in [3.8, 4) is 0 Å². The van der Waals surface area contributed by atoms with E-state index in [9.17, 15) is 13.5 Å². The van der Waals surface area contributed by atoms with Crippen molar-refractivity contribution >= 4 is 20.9 Å². The summed E-state index contributed by atoms with van der Waals surface area (Å²) >= 11 is 0. The van der Waals surface area contributed by atoms with Crippen LogP contribution < -0.4 is 0 Å². The number of nitrogens with zero attached hydrogens (tertiary/aromatic N) is 2. The van der Waals surface area contributed by atoms with E-state index in [0.29, 0.717) is 0 Å². The molecule has 5 nitrogen and oxygen atoms in total. The molecular weight excluding hydrogens is 264 g/mol. The molecule has 1 aromatic carbocycles. The van der Waals surface area contributed by atoms with Crippen molar-refractivity contribution in [3.63, 3.8) is 0 Å². The molecule has 0 spiro atoms. The predicted octanol–water partition coefficient (Wildman–Crippen LogP) is 1.24. The molecule has 0 aliphatic carbocycles. The number of benzene rings is 1. The Balaban J connectivity index is 2.43. The molecule has 2 rings (SSSR count). The van der Waals surface area contributed by atoms with Crippen LogP contribution in [0.4, 0.5) is 0 Å². The molecule has 0 radical (unpaired) electrons. The monoisotopic (exact) mass is 280 g/mol. The van der Waals surface area contributed by atoms with Gasteiger partial charge in [-0.25, -0.2) is 8.42 Å². The Kier molecular flexibility index (Phi) is 3.84. The quantitative estimate of drug-likeness (QED) is 0.914. The Bertz CT molecular complexity index is 683. The number of aliphatic hydroxyl groups excluding tert-OH is 1. The zero-order valence-electron chi connectivity index (χ0n) is 10.8. The smallest absolute Gasteiger partial charge is 0.244 e. The summed E-state index contributed by atoms with van der Waals surface area (Å²) in [7, 11) is -2.17. The van der Waals surface area contributed by atoms with Crippen LogP contribution in [-0.2, 0) is 10.0 Å². The van der Waals surface area contributed by atoms with Gasteiger partial charge in [0.1, 0.15) is 4.90 Å². The number of para-hydroxylation sites is 1. The van der Waals surface area contributed by atoms with Gasteiger partial charge in [-0.15, -0.1) is 0 Å². The second kappa shape index (κ2) is 5.24. The molecule has 2 aromatic rings. The molecular formula is C13H16N2O3S. The minimum Gasteiger partial charge on any atom is -0.392 e. The van der Waals surface area contributed by atoms with Crippen molar-refractivity contribution in [2.24, 2.45) is 0 Å². The summed E-state index contributed by atoms with van der Waals surface area (Å²) in [5.41, 5.74) is 0.750. The number of rotatable bonds is 4. The number of likely N-dealkylation sites (N-methyl/N-ethyl adjacent to an activating group) is 1. The highest BCUT2D eigenvalue weighted by Gasteiger charge is 2.22. The molecule has 0 saturated carbocycles. The lowest BCUT2D eigenvalue weighted by atomic mass is 10.2. The Morgan fingerprint density at radius 2 is 2.05 bits per heavy atom. The molecule has 0 saturated heterocycles. The third kappa shape index (κ3) is 2.91. The van der Waals surface area contributed by atoms with E-state index in [0.717, 1.165) is 15.2 Å². The summed E-state index contributed by atoms with van der Waals surface area (Å²) in [5.74, 6) is 0. The van der Waals surface area contributed by atoms with E-state index in [1.54, 1.807) is 13.0 Å². The average molecular weight is 280 g/mol. The van der Waals surface area contributed by atoms with Gasteiger partial charge in [0.2, 0.25) is 10.0 Å². The van der Waals surface area contributed by atoms with Crippen LogP contribution in [-0.4, -0.2) is 42.5 Å². The molecule has 0 aliphatic heterocycles. The van der Waals surface area contributed by atoms with Gasteiger partial charge in [-0.05, 0) is 19.1 Å². The summed E-state index contributed by atoms with van der Waals surface area (Å²) in [4.78, 5) is 4.27. The van der Waals surface area contributed by atoms with Gasteiger partial charge in [0, 0.05) is 25.2 Å². The van der Waals surface area contributed by atoms with Crippen LogP contribution in [0.25, 0.3) is 10.9 Å². The van der Waals surface area contributed by atoms with Gasteiger partial charge in [-0.2, -0.15) is 4.31 Å². The molecule has 0 aliphatic rings. The van der Waals surface area contributed by atoms with Crippen LogP contribution in [0, 0.1) is 0 Å². The van der Waals surface area contributed by atoms with Gasteiger partial charge in [-0.3, -0.25) is 4.98 Å². The first-order valence-electron chi connectivity index (χ1n) is 5.90. The third-order valence-electron chi connectivity index (χ3n) is 2.79. The van der Waals surface area contributed by atoms with Crippen molar-refractivity contribution in [2.75, 3.05) is 13.6 Å². The zero-order chi connectivity index (χ0) is 14.0. The first-order valence-corrected chi connectivity index (χ1v) is 7.34. The molecule has 0 amide bonds. The molecule has 1 heterocycles. The minimum atomic E-state index is -3.61. The second-order valence-electron chi connectivity index (χ2n) is 4.50. The summed E-state index contributed by atoms with van der Waals surface area (Å²) < 4.78 is 25.7. The molecule has 102 valence electrons. The Labute approximate surface area is 112 Å². The number of pyridine rings is 1. The zero-order valence-corrected chi connectivity index (χ0v) is 11.6. The third-order valence-corrected chi connectivity index (χ3v) is 4.58. The summed E-state index contributed by atoms with van der Waals surface area (Å²) in [5, 5.41) is 10.1.